The number of phenolic OH excluding ortho intramolecular Hbond substituents is 1. The van der Waals surface area contributed by atoms with Crippen molar-refractivity contribution in [3.63, 3.8) is 0 Å². The normalized spacial score (nSPS) is 16.2. The van der Waals surface area contributed by atoms with Crippen LogP contribution in [0.25, 0.3) is 11.0 Å². The fourth-order valence-corrected chi connectivity index (χ4v) is 4.38. The van der Waals surface area contributed by atoms with Crippen LogP contribution in [0.3, 0.4) is 0 Å². The maximum absolute atomic E-state index is 13.6. The zero-order valence-corrected chi connectivity index (χ0v) is 19.8. The molecule has 0 aliphatic carbocycles. The number of methoxy groups -OCH3 is 1. The predicted octanol–water partition coefficient (Wildman–Crippen LogP) is 4.33. The van der Waals surface area contributed by atoms with Gasteiger partial charge in [-0.3, -0.25) is 9.59 Å². The van der Waals surface area contributed by atoms with Crippen molar-refractivity contribution in [3.8, 4) is 11.5 Å². The minimum Gasteiger partial charge on any atom is -0.508 e. The molecule has 4 rings (SSSR count). The number of Topliss-reactive ketones (excluding diaryl/α,β-unsaturated/α-hetero) is 1. The van der Waals surface area contributed by atoms with E-state index in [1.54, 1.807) is 24.3 Å². The highest BCUT2D eigenvalue weighted by molar-refractivity contribution is 6.31. The van der Waals surface area contributed by atoms with E-state index in [0.29, 0.717) is 40.3 Å². The average Bonchev–Trinajstić information content (AvgIpc) is 3.33. The van der Waals surface area contributed by atoms with Crippen molar-refractivity contribution in [2.24, 2.45) is 0 Å². The molecule has 34 heavy (non-hydrogen) atoms. The molecule has 2 N–H and O–H groups in total. The van der Waals surface area contributed by atoms with Gasteiger partial charge in [0, 0.05) is 23.0 Å². The molecule has 1 atom stereocenters. The molecule has 0 radical (unpaired) electrons. The van der Waals surface area contributed by atoms with Gasteiger partial charge >= 0.3 is 0 Å². The number of nitrogens with zero attached hydrogens (tertiary/aromatic N) is 2. The Balaban J connectivity index is 1.77. The minimum atomic E-state index is -0.832. The highest BCUT2D eigenvalue weighted by Crippen LogP contribution is 2.41. The molecule has 0 saturated carbocycles. The largest absolute Gasteiger partial charge is 0.508 e. The molecule has 178 valence electrons. The molecule has 1 unspecified atom stereocenters. The number of rotatable bonds is 8. The third-order valence-electron chi connectivity index (χ3n) is 5.75. The summed E-state index contributed by atoms with van der Waals surface area (Å²) >= 11 is 6.14. The second-order valence-corrected chi connectivity index (χ2v) is 8.81. The Bertz CT molecular complexity index is 1280. The van der Waals surface area contributed by atoms with Gasteiger partial charge in [0.05, 0.1) is 18.7 Å². The third-order valence-corrected chi connectivity index (χ3v) is 5.97. The number of ketones is 1. The number of ether oxygens (including phenoxy) is 1. The number of aliphatic hydroxyl groups is 1. The number of amides is 1. The van der Waals surface area contributed by atoms with Crippen molar-refractivity contribution >= 4 is 34.3 Å². The predicted molar refractivity (Wildman–Crippen MR) is 127 cm³/mol. The van der Waals surface area contributed by atoms with Crippen LogP contribution in [-0.2, 0) is 4.79 Å². The van der Waals surface area contributed by atoms with Gasteiger partial charge in [-0.15, -0.1) is 0 Å². The number of furan rings is 1. The molecule has 8 nitrogen and oxygen atoms in total. The van der Waals surface area contributed by atoms with E-state index < -0.39 is 23.5 Å². The smallest absolute Gasteiger partial charge is 0.290 e. The molecule has 1 aliphatic rings. The third kappa shape index (κ3) is 4.34. The standard InChI is InChI=1S/C25H25ClN2O6/c1-27(2)9-4-10-28-21(14-5-7-17(29)8-6-14)20(23(31)25(28)32)22(30)18-12-15-11-16(26)13-19(33-3)24(15)34-18/h5-8,11-13,21,29,31H,4,9-10H2,1-3H3. The van der Waals surface area contributed by atoms with E-state index in [1.807, 2.05) is 19.0 Å². The van der Waals surface area contributed by atoms with E-state index in [9.17, 15) is 19.8 Å². The monoisotopic (exact) mass is 484 g/mol. The number of aliphatic hydroxyl groups excluding tert-OH is 1. The summed E-state index contributed by atoms with van der Waals surface area (Å²) in [5, 5.41) is 21.5. The zero-order chi connectivity index (χ0) is 24.6. The van der Waals surface area contributed by atoms with Crippen molar-refractivity contribution in [2.75, 3.05) is 34.3 Å². The quantitative estimate of drug-likeness (QED) is 0.458. The Morgan fingerprint density at radius 1 is 1.18 bits per heavy atom. The molecule has 1 amide bonds. The summed E-state index contributed by atoms with van der Waals surface area (Å²) in [6.45, 7) is 1.05. The number of carbonyl (C=O) groups excluding carboxylic acids is 2. The Labute approximate surface area is 201 Å². The first-order valence-corrected chi connectivity index (χ1v) is 11.1. The number of benzene rings is 2. The van der Waals surface area contributed by atoms with Crippen LogP contribution in [0.4, 0.5) is 0 Å². The molecule has 2 heterocycles. The summed E-state index contributed by atoms with van der Waals surface area (Å²) < 4.78 is 11.1. The summed E-state index contributed by atoms with van der Waals surface area (Å²) in [5.41, 5.74) is 0.841. The lowest BCUT2D eigenvalue weighted by molar-refractivity contribution is -0.129. The van der Waals surface area contributed by atoms with Crippen molar-refractivity contribution in [1.29, 1.82) is 0 Å². The molecule has 1 aromatic heterocycles. The summed E-state index contributed by atoms with van der Waals surface area (Å²) in [5.74, 6) is -1.50. The molecule has 0 saturated heterocycles. The van der Waals surface area contributed by atoms with Gasteiger partial charge in [-0.2, -0.15) is 0 Å². The SMILES string of the molecule is COc1cc(Cl)cc2cc(C(=O)C3=C(O)C(=O)N(CCCN(C)C)C3c3ccc(O)cc3)oc12. The van der Waals surface area contributed by atoms with Gasteiger partial charge in [-0.25, -0.2) is 0 Å². The Kier molecular flexibility index (Phi) is 6.54. The topological polar surface area (TPSA) is 103 Å². The minimum absolute atomic E-state index is 0.0505. The van der Waals surface area contributed by atoms with Gasteiger partial charge in [0.1, 0.15) is 5.75 Å². The number of fused-ring (bicyclic) bond motifs is 1. The van der Waals surface area contributed by atoms with E-state index in [4.69, 9.17) is 20.8 Å². The van der Waals surface area contributed by atoms with Crippen LogP contribution < -0.4 is 4.74 Å². The van der Waals surface area contributed by atoms with Crippen molar-refractivity contribution in [2.45, 2.75) is 12.5 Å². The molecule has 2 aromatic carbocycles. The van der Waals surface area contributed by atoms with Crippen LogP contribution in [0.15, 0.2) is 58.2 Å². The lowest BCUT2D eigenvalue weighted by Gasteiger charge is -2.27. The second-order valence-electron chi connectivity index (χ2n) is 8.38. The highest BCUT2D eigenvalue weighted by Gasteiger charge is 2.44. The number of aromatic hydroxyl groups is 1. The maximum atomic E-state index is 13.6. The van der Waals surface area contributed by atoms with Crippen LogP contribution in [0, 0.1) is 0 Å². The molecule has 0 fully saturated rings. The van der Waals surface area contributed by atoms with Crippen LogP contribution in [0.5, 0.6) is 11.5 Å². The first kappa shape index (κ1) is 23.7. The summed E-state index contributed by atoms with van der Waals surface area (Å²) in [6, 6.07) is 10.1. The number of hydrogen-bond donors (Lipinski definition) is 2. The Morgan fingerprint density at radius 2 is 1.88 bits per heavy atom. The zero-order valence-electron chi connectivity index (χ0n) is 19.0. The van der Waals surface area contributed by atoms with Gasteiger partial charge in [0.15, 0.2) is 22.9 Å². The van der Waals surface area contributed by atoms with Crippen molar-refractivity contribution in [1.82, 2.24) is 9.80 Å². The average molecular weight is 485 g/mol. The number of halogens is 1. The first-order chi connectivity index (χ1) is 16.2. The van der Waals surface area contributed by atoms with Gasteiger partial charge in [0.25, 0.3) is 5.91 Å². The lowest BCUT2D eigenvalue weighted by atomic mass is 9.95. The van der Waals surface area contributed by atoms with Crippen LogP contribution in [0.2, 0.25) is 5.02 Å². The molecular weight excluding hydrogens is 460 g/mol. The molecule has 3 aromatic rings. The Morgan fingerprint density at radius 3 is 2.53 bits per heavy atom. The molecular formula is C25H25ClN2O6. The van der Waals surface area contributed by atoms with Gasteiger partial charge in [0.2, 0.25) is 5.78 Å². The van der Waals surface area contributed by atoms with Crippen LogP contribution in [0.1, 0.15) is 28.6 Å². The number of hydrogen-bond acceptors (Lipinski definition) is 7. The molecule has 1 aliphatic heterocycles. The van der Waals surface area contributed by atoms with Gasteiger partial charge in [-0.1, -0.05) is 23.7 Å². The van der Waals surface area contributed by atoms with Crippen LogP contribution in [-0.4, -0.2) is 66.0 Å². The molecule has 0 spiro atoms. The Hall–Kier alpha value is -3.49. The van der Waals surface area contributed by atoms with Crippen LogP contribution >= 0.6 is 11.6 Å². The molecule has 0 bridgehead atoms. The van der Waals surface area contributed by atoms with Crippen molar-refractivity contribution in [3.05, 3.63) is 70.1 Å². The highest BCUT2D eigenvalue weighted by atomic mass is 35.5. The summed E-state index contributed by atoms with van der Waals surface area (Å²) in [4.78, 5) is 30.1. The fourth-order valence-electron chi connectivity index (χ4n) is 4.16. The van der Waals surface area contributed by atoms with E-state index in [0.717, 1.165) is 6.54 Å². The second kappa shape index (κ2) is 9.40. The lowest BCUT2D eigenvalue weighted by Crippen LogP contribution is -2.33. The summed E-state index contributed by atoms with van der Waals surface area (Å²) in [6.07, 6.45) is 0.641. The molecule has 9 heteroatoms. The first-order valence-electron chi connectivity index (χ1n) is 10.7. The van der Waals surface area contributed by atoms with Gasteiger partial charge in [-0.05, 0) is 56.9 Å². The summed E-state index contributed by atoms with van der Waals surface area (Å²) in [7, 11) is 5.32. The van der Waals surface area contributed by atoms with E-state index in [-0.39, 0.29) is 17.1 Å². The van der Waals surface area contributed by atoms with E-state index in [2.05, 4.69) is 0 Å². The van der Waals surface area contributed by atoms with Gasteiger partial charge < -0.3 is 29.2 Å². The fraction of sp³-hybridized carbons (Fsp3) is 0.280. The number of carbonyl (C=O) groups is 2. The maximum Gasteiger partial charge on any atom is 0.290 e. The van der Waals surface area contributed by atoms with E-state index >= 15 is 0 Å². The van der Waals surface area contributed by atoms with Crippen molar-refractivity contribution < 1.29 is 29.0 Å². The van der Waals surface area contributed by atoms with E-state index in [1.165, 1.54) is 30.2 Å². The number of phenols is 1.